The first kappa shape index (κ1) is 22.5. The van der Waals surface area contributed by atoms with Crippen molar-refractivity contribution in [3.05, 3.63) is 22.6 Å². The maximum atomic E-state index is 12.8. The topological polar surface area (TPSA) is 52.4 Å². The largest absolute Gasteiger partial charge is 0.493 e. The van der Waals surface area contributed by atoms with Crippen molar-refractivity contribution in [1.82, 2.24) is 4.90 Å². The summed E-state index contributed by atoms with van der Waals surface area (Å²) in [5.41, 5.74) is 0.794. The summed E-state index contributed by atoms with van der Waals surface area (Å²) in [5.74, 6) is 1.57. The van der Waals surface area contributed by atoms with Crippen molar-refractivity contribution in [3.8, 4) is 17.2 Å². The van der Waals surface area contributed by atoms with E-state index in [-0.39, 0.29) is 5.91 Å². The zero-order chi connectivity index (χ0) is 20.7. The van der Waals surface area contributed by atoms with Crippen LogP contribution in [0.2, 0.25) is 0 Å². The fourth-order valence-corrected chi connectivity index (χ4v) is 4.43. The second-order valence-corrected chi connectivity index (χ2v) is 8.03. The number of ether oxygens (including phenoxy) is 3. The number of hydrogen-bond donors (Lipinski definition) is 1. The zero-order valence-electron chi connectivity index (χ0n) is 17.2. The van der Waals surface area contributed by atoms with Crippen LogP contribution >= 0.6 is 24.0 Å². The monoisotopic (exact) mass is 425 g/mol. The van der Waals surface area contributed by atoms with Gasteiger partial charge in [0.1, 0.15) is 4.32 Å². The van der Waals surface area contributed by atoms with Gasteiger partial charge >= 0.3 is 0 Å². The average molecular weight is 426 g/mol. The van der Waals surface area contributed by atoms with Crippen LogP contribution in [0.4, 0.5) is 0 Å². The summed E-state index contributed by atoms with van der Waals surface area (Å²) in [5, 5.41) is 0. The summed E-state index contributed by atoms with van der Waals surface area (Å²) in [6, 6.07) is 3.63. The molecule has 6 nitrogen and oxygen atoms in total. The van der Waals surface area contributed by atoms with E-state index in [1.54, 1.807) is 26.2 Å². The van der Waals surface area contributed by atoms with Crippen LogP contribution < -0.4 is 19.1 Å². The van der Waals surface area contributed by atoms with E-state index < -0.39 is 0 Å². The summed E-state index contributed by atoms with van der Waals surface area (Å²) in [6.07, 6.45) is 2.75. The molecule has 1 aliphatic heterocycles. The molecule has 1 heterocycles. The maximum Gasteiger partial charge on any atom is 0.266 e. The molecule has 1 saturated heterocycles. The molecule has 8 heteroatoms. The lowest BCUT2D eigenvalue weighted by Gasteiger charge is -2.18. The minimum Gasteiger partial charge on any atom is -0.493 e. The number of rotatable bonds is 10. The number of benzene rings is 1. The van der Waals surface area contributed by atoms with Gasteiger partial charge in [0, 0.05) is 13.0 Å². The van der Waals surface area contributed by atoms with Gasteiger partial charge in [0.25, 0.3) is 5.91 Å². The molecule has 0 radical (unpaired) electrons. The van der Waals surface area contributed by atoms with Crippen LogP contribution in [0.3, 0.4) is 0 Å². The molecule has 0 bridgehead atoms. The lowest BCUT2D eigenvalue weighted by molar-refractivity contribution is -0.896. The predicted octanol–water partition coefficient (Wildman–Crippen LogP) is 2.23. The summed E-state index contributed by atoms with van der Waals surface area (Å²) in [4.78, 5) is 16.7. The molecule has 28 heavy (non-hydrogen) atoms. The molecule has 0 atom stereocenters. The minimum absolute atomic E-state index is 0.0432. The molecule has 1 N–H and O–H groups in total. The molecule has 1 amide bonds. The van der Waals surface area contributed by atoms with Gasteiger partial charge in [0.15, 0.2) is 11.5 Å². The number of nitrogens with one attached hydrogen (secondary N) is 1. The van der Waals surface area contributed by atoms with Crippen molar-refractivity contribution in [3.63, 3.8) is 0 Å². The smallest absolute Gasteiger partial charge is 0.266 e. The van der Waals surface area contributed by atoms with Gasteiger partial charge in [-0.15, -0.1) is 0 Å². The van der Waals surface area contributed by atoms with E-state index in [9.17, 15) is 4.79 Å². The van der Waals surface area contributed by atoms with Crippen LogP contribution in [-0.2, 0) is 4.79 Å². The second-order valence-electron chi connectivity index (χ2n) is 6.35. The first-order valence-corrected chi connectivity index (χ1v) is 10.6. The van der Waals surface area contributed by atoms with E-state index >= 15 is 0 Å². The number of thioether (sulfide) groups is 1. The van der Waals surface area contributed by atoms with Gasteiger partial charge in [0.05, 0.1) is 45.9 Å². The summed E-state index contributed by atoms with van der Waals surface area (Å²) in [7, 11) is 4.70. The lowest BCUT2D eigenvalue weighted by atomic mass is 10.1. The van der Waals surface area contributed by atoms with Crippen LogP contribution in [0.25, 0.3) is 6.08 Å². The van der Waals surface area contributed by atoms with Gasteiger partial charge in [-0.1, -0.05) is 24.0 Å². The zero-order valence-corrected chi connectivity index (χ0v) is 18.8. The highest BCUT2D eigenvalue weighted by atomic mass is 32.2. The van der Waals surface area contributed by atoms with Crippen LogP contribution in [-0.4, -0.2) is 62.6 Å². The molecule has 1 aromatic carbocycles. The molecule has 1 aromatic rings. The van der Waals surface area contributed by atoms with Gasteiger partial charge in [-0.25, -0.2) is 0 Å². The van der Waals surface area contributed by atoms with E-state index in [0.717, 1.165) is 31.6 Å². The first-order chi connectivity index (χ1) is 13.5. The van der Waals surface area contributed by atoms with Crippen molar-refractivity contribution in [2.45, 2.75) is 20.3 Å². The molecule has 154 valence electrons. The normalized spacial score (nSPS) is 15.6. The Morgan fingerprint density at radius 2 is 1.71 bits per heavy atom. The van der Waals surface area contributed by atoms with Crippen LogP contribution in [0.5, 0.6) is 17.2 Å². The summed E-state index contributed by atoms with van der Waals surface area (Å²) >= 11 is 6.77. The van der Waals surface area contributed by atoms with E-state index in [1.165, 1.54) is 16.7 Å². The highest BCUT2D eigenvalue weighted by Crippen LogP contribution is 2.40. The third-order valence-corrected chi connectivity index (χ3v) is 6.15. The average Bonchev–Trinajstić information content (AvgIpc) is 2.97. The number of amides is 1. The van der Waals surface area contributed by atoms with Crippen LogP contribution in [0, 0.1) is 0 Å². The van der Waals surface area contributed by atoms with Gasteiger partial charge in [-0.3, -0.25) is 9.69 Å². The standard InChI is InChI=1S/C20H28N2O4S2/c1-6-21(7-2)9-8-10-22-19(23)17(28-20(22)27)13-14-11-15(24-3)18(26-5)16(12-14)25-4/h11-13H,6-10H2,1-5H3/p+1/b17-13-. The SMILES string of the molecule is CC[NH+](CC)CCCN1C(=O)/C(=C/c2cc(OC)c(OC)c(OC)c2)SC1=S. The van der Waals surface area contributed by atoms with E-state index in [0.29, 0.717) is 33.0 Å². The van der Waals surface area contributed by atoms with Crippen molar-refractivity contribution >= 4 is 40.3 Å². The number of carbonyl (C=O) groups excluding carboxylic acids is 1. The molecule has 0 unspecified atom stereocenters. The third kappa shape index (κ3) is 5.18. The Kier molecular flexibility index (Phi) is 8.59. The number of hydrogen-bond acceptors (Lipinski definition) is 6. The Morgan fingerprint density at radius 1 is 1.11 bits per heavy atom. The lowest BCUT2D eigenvalue weighted by Crippen LogP contribution is -3.11. The molecule has 1 aliphatic rings. The Balaban J connectivity index is 2.17. The van der Waals surface area contributed by atoms with Gasteiger partial charge in [-0.05, 0) is 37.6 Å². The van der Waals surface area contributed by atoms with E-state index in [1.807, 2.05) is 18.2 Å². The first-order valence-electron chi connectivity index (χ1n) is 9.37. The van der Waals surface area contributed by atoms with Crippen molar-refractivity contribution in [2.24, 2.45) is 0 Å². The molecule has 1 fully saturated rings. The quantitative estimate of drug-likeness (QED) is 0.458. The number of thiocarbonyl (C=S) groups is 1. The fraction of sp³-hybridized carbons (Fsp3) is 0.500. The maximum absolute atomic E-state index is 12.8. The van der Waals surface area contributed by atoms with Crippen molar-refractivity contribution in [2.75, 3.05) is 47.5 Å². The Morgan fingerprint density at radius 3 is 2.21 bits per heavy atom. The molecule has 0 saturated carbocycles. The summed E-state index contributed by atoms with van der Waals surface area (Å²) in [6.45, 7) is 8.24. The molecule has 0 aromatic heterocycles. The number of carbonyl (C=O) groups is 1. The predicted molar refractivity (Wildman–Crippen MR) is 118 cm³/mol. The Bertz CT molecular complexity index is 723. The van der Waals surface area contributed by atoms with Crippen molar-refractivity contribution < 1.29 is 23.9 Å². The third-order valence-electron chi connectivity index (χ3n) is 4.77. The number of nitrogens with zero attached hydrogens (tertiary/aromatic N) is 1. The molecule has 2 rings (SSSR count). The molecule has 0 spiro atoms. The van der Waals surface area contributed by atoms with Crippen LogP contribution in [0.15, 0.2) is 17.0 Å². The minimum atomic E-state index is -0.0432. The second kappa shape index (κ2) is 10.7. The highest BCUT2D eigenvalue weighted by molar-refractivity contribution is 8.26. The molecular formula is C20H29N2O4S2+. The van der Waals surface area contributed by atoms with E-state index in [2.05, 4.69) is 13.8 Å². The van der Waals surface area contributed by atoms with E-state index in [4.69, 9.17) is 26.4 Å². The number of methoxy groups -OCH3 is 3. The van der Waals surface area contributed by atoms with Crippen LogP contribution in [0.1, 0.15) is 25.8 Å². The van der Waals surface area contributed by atoms with Crippen molar-refractivity contribution in [1.29, 1.82) is 0 Å². The summed E-state index contributed by atoms with van der Waals surface area (Å²) < 4.78 is 16.7. The molecule has 0 aliphatic carbocycles. The molecular weight excluding hydrogens is 396 g/mol. The Labute approximate surface area is 176 Å². The highest BCUT2D eigenvalue weighted by Gasteiger charge is 2.32. The Hall–Kier alpha value is -1.77. The van der Waals surface area contributed by atoms with Gasteiger partial charge in [-0.2, -0.15) is 0 Å². The van der Waals surface area contributed by atoms with Gasteiger partial charge in [0.2, 0.25) is 5.75 Å². The van der Waals surface area contributed by atoms with Gasteiger partial charge < -0.3 is 19.1 Å². The number of quaternary nitrogens is 1. The fourth-order valence-electron chi connectivity index (χ4n) is 3.12.